The Morgan fingerprint density at radius 3 is 0.969 bits per heavy atom. The number of ether oxygens (including phenoxy) is 2. The molecule has 32 heavy (non-hydrogen) atoms. The summed E-state index contributed by atoms with van der Waals surface area (Å²) in [5.74, 6) is 3.13. The third kappa shape index (κ3) is 5.99. The number of aliphatic imine (C=N–C) groups is 2. The summed E-state index contributed by atoms with van der Waals surface area (Å²) in [6.07, 6.45) is 3.63. The Morgan fingerprint density at radius 2 is 0.781 bits per heavy atom. The first-order valence-corrected chi connectivity index (χ1v) is 11.6. The molecule has 0 fully saturated rings. The van der Waals surface area contributed by atoms with E-state index in [-0.39, 0.29) is 0 Å². The summed E-state index contributed by atoms with van der Waals surface area (Å²) in [7, 11) is 3.43. The van der Waals surface area contributed by atoms with Crippen molar-refractivity contribution in [2.45, 2.75) is 79.1 Å². The number of methoxy groups -OCH3 is 2. The fourth-order valence-corrected chi connectivity index (χ4v) is 3.81. The highest BCUT2D eigenvalue weighted by atomic mass is 16.5. The standard InChI is InChI=1S/C28H40N2O2/c1-17(2)23-13-21(31-9)14-24(18(3)4)27(23)29-11-12-30-28-25(19(5)6)15-22(32-10)16-26(28)20(7)8/h11-20H,1-10H3/b29-11+,30-12+. The van der Waals surface area contributed by atoms with Crippen molar-refractivity contribution in [1.29, 1.82) is 0 Å². The number of nitrogens with zero attached hydrogens (tertiary/aromatic N) is 2. The lowest BCUT2D eigenvalue weighted by atomic mass is 9.92. The highest BCUT2D eigenvalue weighted by Crippen LogP contribution is 2.39. The normalized spacial score (nSPS) is 12.3. The van der Waals surface area contributed by atoms with Crippen LogP contribution in [0.3, 0.4) is 0 Å². The molecule has 0 heterocycles. The second kappa shape index (κ2) is 11.3. The van der Waals surface area contributed by atoms with Gasteiger partial charge in [0.15, 0.2) is 0 Å². The van der Waals surface area contributed by atoms with Gasteiger partial charge in [-0.2, -0.15) is 0 Å². The fourth-order valence-electron chi connectivity index (χ4n) is 3.81. The van der Waals surface area contributed by atoms with Crippen LogP contribution in [0.25, 0.3) is 0 Å². The zero-order valence-electron chi connectivity index (χ0n) is 21.5. The Hall–Kier alpha value is -2.62. The van der Waals surface area contributed by atoms with Gasteiger partial charge in [0.05, 0.1) is 25.6 Å². The van der Waals surface area contributed by atoms with Crippen molar-refractivity contribution in [3.63, 3.8) is 0 Å². The summed E-state index contributed by atoms with van der Waals surface area (Å²) < 4.78 is 11.1. The van der Waals surface area contributed by atoms with E-state index in [1.54, 1.807) is 14.2 Å². The molecule has 4 heteroatoms. The summed E-state index contributed by atoms with van der Waals surface area (Å²) >= 11 is 0. The van der Waals surface area contributed by atoms with E-state index < -0.39 is 0 Å². The molecule has 0 unspecified atom stereocenters. The van der Waals surface area contributed by atoms with Crippen LogP contribution < -0.4 is 9.47 Å². The minimum absolute atomic E-state index is 0.341. The number of hydrogen-bond acceptors (Lipinski definition) is 4. The molecule has 2 rings (SSSR count). The van der Waals surface area contributed by atoms with Crippen molar-refractivity contribution in [2.75, 3.05) is 14.2 Å². The van der Waals surface area contributed by atoms with Gasteiger partial charge in [0.2, 0.25) is 0 Å². The Kier molecular flexibility index (Phi) is 9.06. The Balaban J connectivity index is 2.53. The van der Waals surface area contributed by atoms with Crippen molar-refractivity contribution >= 4 is 23.8 Å². The zero-order valence-corrected chi connectivity index (χ0v) is 21.5. The second-order valence-corrected chi connectivity index (χ2v) is 9.48. The van der Waals surface area contributed by atoms with Crippen molar-refractivity contribution in [1.82, 2.24) is 0 Å². The van der Waals surface area contributed by atoms with Gasteiger partial charge in [-0.25, -0.2) is 0 Å². The maximum atomic E-state index is 5.54. The lowest BCUT2D eigenvalue weighted by Crippen LogP contribution is -1.99. The van der Waals surface area contributed by atoms with Gasteiger partial charge in [0.25, 0.3) is 0 Å². The summed E-state index contributed by atoms with van der Waals surface area (Å²) in [5, 5.41) is 0. The molecule has 174 valence electrons. The van der Waals surface area contributed by atoms with Gasteiger partial charge in [-0.15, -0.1) is 0 Å². The van der Waals surface area contributed by atoms with Gasteiger partial charge >= 0.3 is 0 Å². The maximum absolute atomic E-state index is 5.54. The smallest absolute Gasteiger partial charge is 0.119 e. The van der Waals surface area contributed by atoms with Crippen LogP contribution >= 0.6 is 0 Å². The third-order valence-corrected chi connectivity index (χ3v) is 5.72. The molecule has 0 aliphatic heterocycles. The van der Waals surface area contributed by atoms with E-state index in [2.05, 4.69) is 79.7 Å². The molecule has 4 nitrogen and oxygen atoms in total. The lowest BCUT2D eigenvalue weighted by molar-refractivity contribution is 0.413. The van der Waals surface area contributed by atoms with Crippen LogP contribution in [0.5, 0.6) is 11.5 Å². The second-order valence-electron chi connectivity index (χ2n) is 9.48. The van der Waals surface area contributed by atoms with Gasteiger partial charge in [-0.1, -0.05) is 55.4 Å². The van der Waals surface area contributed by atoms with Gasteiger partial charge in [0.1, 0.15) is 11.5 Å². The summed E-state index contributed by atoms with van der Waals surface area (Å²) in [5.41, 5.74) is 6.79. The van der Waals surface area contributed by atoms with Crippen molar-refractivity contribution in [3.8, 4) is 11.5 Å². The van der Waals surface area contributed by atoms with Gasteiger partial charge < -0.3 is 9.47 Å². The van der Waals surface area contributed by atoms with Gasteiger partial charge in [-0.05, 0) is 70.2 Å². The van der Waals surface area contributed by atoms with Crippen LogP contribution in [-0.2, 0) is 0 Å². The van der Waals surface area contributed by atoms with E-state index in [0.29, 0.717) is 23.7 Å². The van der Waals surface area contributed by atoms with Gasteiger partial charge in [0, 0.05) is 12.4 Å². The molecular formula is C28H40N2O2. The fraction of sp³-hybridized carbons (Fsp3) is 0.500. The zero-order chi connectivity index (χ0) is 24.0. The van der Waals surface area contributed by atoms with Crippen LogP contribution in [0.15, 0.2) is 34.3 Å². The molecule has 2 aromatic rings. The van der Waals surface area contributed by atoms with Crippen LogP contribution in [0.4, 0.5) is 11.4 Å². The summed E-state index contributed by atoms with van der Waals surface area (Å²) in [6, 6.07) is 8.38. The molecule has 0 radical (unpaired) electrons. The molecule has 0 aromatic heterocycles. The maximum Gasteiger partial charge on any atom is 0.119 e. The first-order valence-electron chi connectivity index (χ1n) is 11.6. The van der Waals surface area contributed by atoms with E-state index in [4.69, 9.17) is 19.5 Å². The van der Waals surface area contributed by atoms with Gasteiger partial charge in [-0.3, -0.25) is 9.98 Å². The molecule has 0 bridgehead atoms. The molecule has 0 aliphatic rings. The highest BCUT2D eigenvalue weighted by Gasteiger charge is 2.17. The minimum atomic E-state index is 0.341. The molecule has 0 spiro atoms. The monoisotopic (exact) mass is 436 g/mol. The van der Waals surface area contributed by atoms with Crippen LogP contribution in [0.1, 0.15) is 101 Å². The Labute approximate surface area is 194 Å². The lowest BCUT2D eigenvalue weighted by Gasteiger charge is -2.18. The predicted octanol–water partition coefficient (Wildman–Crippen LogP) is 8.30. The third-order valence-electron chi connectivity index (χ3n) is 5.72. The largest absolute Gasteiger partial charge is 0.497 e. The average Bonchev–Trinajstić information content (AvgIpc) is 2.75. The average molecular weight is 437 g/mol. The van der Waals surface area contributed by atoms with Crippen molar-refractivity contribution in [2.24, 2.45) is 9.98 Å². The molecular weight excluding hydrogens is 396 g/mol. The number of hydrogen-bond donors (Lipinski definition) is 0. The van der Waals surface area contributed by atoms with Crippen molar-refractivity contribution in [3.05, 3.63) is 46.5 Å². The predicted molar refractivity (Wildman–Crippen MR) is 139 cm³/mol. The van der Waals surface area contributed by atoms with Crippen molar-refractivity contribution < 1.29 is 9.47 Å². The first kappa shape index (κ1) is 25.6. The van der Waals surface area contributed by atoms with E-state index in [1.807, 2.05) is 12.4 Å². The van der Waals surface area contributed by atoms with E-state index in [9.17, 15) is 0 Å². The van der Waals surface area contributed by atoms with E-state index in [1.165, 1.54) is 22.3 Å². The molecule has 0 saturated heterocycles. The highest BCUT2D eigenvalue weighted by molar-refractivity contribution is 6.17. The van der Waals surface area contributed by atoms with E-state index in [0.717, 1.165) is 22.9 Å². The topological polar surface area (TPSA) is 43.2 Å². The summed E-state index contributed by atoms with van der Waals surface area (Å²) in [6.45, 7) is 17.5. The molecule has 0 atom stereocenters. The van der Waals surface area contributed by atoms with Crippen LogP contribution in [-0.4, -0.2) is 26.6 Å². The minimum Gasteiger partial charge on any atom is -0.497 e. The number of benzene rings is 2. The first-order chi connectivity index (χ1) is 15.1. The molecule has 0 saturated carbocycles. The Morgan fingerprint density at radius 1 is 0.531 bits per heavy atom. The number of rotatable bonds is 9. The van der Waals surface area contributed by atoms with E-state index >= 15 is 0 Å². The molecule has 0 aliphatic carbocycles. The molecule has 0 N–H and O–H groups in total. The molecule has 2 aromatic carbocycles. The van der Waals surface area contributed by atoms with Crippen LogP contribution in [0, 0.1) is 0 Å². The SMILES string of the molecule is COc1cc(C(C)C)c(/N=C/C=N/c2c(C(C)C)cc(OC)cc2C(C)C)c(C(C)C)c1. The quantitative estimate of drug-likeness (QED) is 0.371. The molecule has 0 amide bonds. The van der Waals surface area contributed by atoms with Crippen LogP contribution in [0.2, 0.25) is 0 Å². The summed E-state index contributed by atoms with van der Waals surface area (Å²) in [4.78, 5) is 9.73. The Bertz CT molecular complexity index is 832.